The number of anilines is 1. The van der Waals surface area contributed by atoms with Crippen molar-refractivity contribution < 1.29 is 24.7 Å². The average Bonchev–Trinajstić information content (AvgIpc) is 3.45. The van der Waals surface area contributed by atoms with Crippen molar-refractivity contribution in [1.82, 2.24) is 19.6 Å². The maximum Gasteiger partial charge on any atom is 0.488 e. The molecule has 0 saturated carbocycles. The lowest BCUT2D eigenvalue weighted by Gasteiger charge is -2.36. The maximum absolute atomic E-state index is 12.9. The number of carbonyl (C=O) groups excluding carboxylic acids is 2. The molecule has 1 aliphatic heterocycles. The number of nitrogens with zero attached hydrogens (tertiary/aromatic N) is 6. The van der Waals surface area contributed by atoms with Crippen molar-refractivity contribution in [3.8, 4) is 0 Å². The molecule has 0 spiro atoms. The van der Waals surface area contributed by atoms with E-state index in [2.05, 4.69) is 163 Å². The fourth-order valence-corrected chi connectivity index (χ4v) is 11.4. The lowest BCUT2D eigenvalue weighted by atomic mass is 9.77. The Morgan fingerprint density at radius 3 is 1.97 bits per heavy atom. The van der Waals surface area contributed by atoms with Gasteiger partial charge in [-0.3, -0.25) is 24.4 Å². The molecule has 77 heavy (non-hydrogen) atoms. The number of rotatable bonds is 20. The summed E-state index contributed by atoms with van der Waals surface area (Å²) < 4.78 is 0.821. The Bertz CT molecular complexity index is 3340. The summed E-state index contributed by atoms with van der Waals surface area (Å²) >= 11 is 2.30. The van der Waals surface area contributed by atoms with E-state index >= 15 is 0 Å². The van der Waals surface area contributed by atoms with Crippen molar-refractivity contribution in [2.24, 2.45) is 4.99 Å². The lowest BCUT2D eigenvalue weighted by molar-refractivity contribution is -0.127. The van der Waals surface area contributed by atoms with Crippen LogP contribution in [0.5, 0.6) is 0 Å². The van der Waals surface area contributed by atoms with Crippen molar-refractivity contribution in [3.63, 3.8) is 0 Å². The Labute approximate surface area is 469 Å². The van der Waals surface area contributed by atoms with E-state index in [-0.39, 0.29) is 11.8 Å². The van der Waals surface area contributed by atoms with Gasteiger partial charge in [0.05, 0.1) is 12.3 Å². The third-order valence-corrected chi connectivity index (χ3v) is 15.2. The predicted molar refractivity (Wildman–Crippen MR) is 328 cm³/mol. The van der Waals surface area contributed by atoms with Gasteiger partial charge in [0, 0.05) is 86.7 Å². The van der Waals surface area contributed by atoms with Crippen LogP contribution in [0.2, 0.25) is 0 Å². The number of piperazine rings is 1. The molecular weight excluding hydrogens is 1070 g/mol. The SMILES string of the molecule is C=C(C)C(=O)N(CCI)CCN=C1C=C/C(=C(\c2ccc3c(CN(C)Cc4ccccc4[B]O)c4ccccc4c(CN(C)Cc4ccccc4B(O)O)c3c2)c2ccc(N3CCN(C(=O)C(=C)C)CC3)cc2C)C(C)=C1. The van der Waals surface area contributed by atoms with Crippen LogP contribution in [0.4, 0.5) is 5.69 Å². The zero-order chi connectivity index (χ0) is 54.9. The summed E-state index contributed by atoms with van der Waals surface area (Å²) in [6, 6.07) is 37.7. The molecule has 1 fully saturated rings. The molecule has 8 rings (SSSR count). The number of hydrogen-bond donors (Lipinski definition) is 3. The molecule has 0 aromatic heterocycles. The number of allylic oxidation sites excluding steroid dienone is 5. The van der Waals surface area contributed by atoms with Gasteiger partial charge in [0.15, 0.2) is 0 Å². The van der Waals surface area contributed by atoms with Gasteiger partial charge in [-0.2, -0.15) is 0 Å². The van der Waals surface area contributed by atoms with Crippen molar-refractivity contribution in [3.05, 3.63) is 202 Å². The van der Waals surface area contributed by atoms with Crippen molar-refractivity contribution in [2.45, 2.75) is 53.9 Å². The molecular formula is C63H70B2IN6O5. The number of hydrogen-bond acceptors (Lipinski definition) is 9. The molecule has 2 amide bonds. The number of aryl methyl sites for hydroxylation is 1. The predicted octanol–water partition coefficient (Wildman–Crippen LogP) is 8.31. The minimum atomic E-state index is -1.59. The quantitative estimate of drug-likeness (QED) is 0.0230. The van der Waals surface area contributed by atoms with Crippen LogP contribution in [0, 0.1) is 6.92 Å². The molecule has 2 aliphatic rings. The van der Waals surface area contributed by atoms with Gasteiger partial charge < -0.3 is 29.8 Å². The highest BCUT2D eigenvalue weighted by atomic mass is 127. The second-order valence-electron chi connectivity index (χ2n) is 20.6. The number of fused-ring (bicyclic) bond motifs is 2. The number of benzene rings is 6. The second-order valence-corrected chi connectivity index (χ2v) is 21.7. The Balaban J connectivity index is 1.27. The van der Waals surface area contributed by atoms with E-state index in [0.717, 1.165) is 106 Å². The molecule has 3 N–H and O–H groups in total. The highest BCUT2D eigenvalue weighted by Gasteiger charge is 2.26. The normalized spacial score (nSPS) is 14.9. The molecule has 395 valence electrons. The van der Waals surface area contributed by atoms with Crippen LogP contribution < -0.4 is 15.8 Å². The van der Waals surface area contributed by atoms with Crippen LogP contribution in [0.15, 0.2) is 168 Å². The summed E-state index contributed by atoms with van der Waals surface area (Å²) in [5.74, 6) is -0.0385. The smallest absolute Gasteiger partial charge is 0.450 e. The Morgan fingerprint density at radius 1 is 0.727 bits per heavy atom. The first-order valence-corrected chi connectivity index (χ1v) is 27.9. The van der Waals surface area contributed by atoms with E-state index in [0.29, 0.717) is 75.5 Å². The Hall–Kier alpha value is -6.39. The molecule has 1 radical (unpaired) electrons. The van der Waals surface area contributed by atoms with Crippen molar-refractivity contribution >= 4 is 98.4 Å². The first-order valence-electron chi connectivity index (χ1n) is 26.4. The molecule has 11 nitrogen and oxygen atoms in total. The summed E-state index contributed by atoms with van der Waals surface area (Å²) in [6.45, 7) is 22.3. The standard InChI is InChI=1S/C63H70B2IN6O5/c1-42(2)62(73)71(29-27-66)30-28-67-49-22-25-51(44(5)35-49)61(52-26-23-50(36-45(52)6)70-31-33-72(34-32-70)63(74)43(3)4)46-21-24-55-56(37-46)58(41-69(8)39-48-16-10-14-20-60(48)65(76)77)54-18-12-11-17-53(54)57(55)40-68(7)38-47-15-9-13-19-59(47)64-75/h9-26,35-37,75-77H,1,3,27-34,38-41H2,2,4-8H3/b61-51-,67-49?. The number of carbonyl (C=O) groups is 2. The van der Waals surface area contributed by atoms with E-state index in [1.54, 1.807) is 19.9 Å². The van der Waals surface area contributed by atoms with Gasteiger partial charge in [0.25, 0.3) is 0 Å². The van der Waals surface area contributed by atoms with Gasteiger partial charge in [-0.05, 0) is 160 Å². The monoisotopic (exact) mass is 1140 g/mol. The Morgan fingerprint density at radius 2 is 1.35 bits per heavy atom. The molecule has 0 bridgehead atoms. The van der Waals surface area contributed by atoms with E-state index in [4.69, 9.17) is 4.99 Å². The minimum Gasteiger partial charge on any atom is -0.450 e. The number of alkyl halides is 1. The zero-order valence-corrected chi connectivity index (χ0v) is 47.6. The lowest BCUT2D eigenvalue weighted by Crippen LogP contribution is -2.49. The average molecular weight is 1140 g/mol. The molecule has 0 unspecified atom stereocenters. The summed E-state index contributed by atoms with van der Waals surface area (Å²) in [5.41, 5.74) is 15.1. The summed E-state index contributed by atoms with van der Waals surface area (Å²) in [5, 5.41) is 35.4. The van der Waals surface area contributed by atoms with Gasteiger partial charge in [-0.15, -0.1) is 0 Å². The largest absolute Gasteiger partial charge is 0.488 e. The second kappa shape index (κ2) is 25.8. The van der Waals surface area contributed by atoms with Crippen molar-refractivity contribution in [1.29, 1.82) is 0 Å². The summed E-state index contributed by atoms with van der Waals surface area (Å²) in [6.07, 6.45) is 6.41. The number of aliphatic imine (C=N–C) groups is 1. The van der Waals surface area contributed by atoms with Gasteiger partial charge in [0.2, 0.25) is 11.8 Å². The number of amides is 2. The molecule has 6 aromatic rings. The molecule has 14 heteroatoms. The third kappa shape index (κ3) is 13.3. The fraction of sp³-hybridized carbons (Fsp3) is 0.286. The molecule has 1 heterocycles. The first-order chi connectivity index (χ1) is 37.1. The van der Waals surface area contributed by atoms with Crippen molar-refractivity contribution in [2.75, 3.05) is 69.2 Å². The number of halogens is 1. The Kier molecular flexibility index (Phi) is 19.1. The molecule has 6 aromatic carbocycles. The van der Waals surface area contributed by atoms with Crippen LogP contribution in [-0.2, 0) is 35.8 Å². The van der Waals surface area contributed by atoms with E-state index < -0.39 is 7.12 Å². The molecule has 1 saturated heterocycles. The van der Waals surface area contributed by atoms with E-state index in [1.165, 1.54) is 13.0 Å². The van der Waals surface area contributed by atoms with Crippen LogP contribution >= 0.6 is 22.6 Å². The van der Waals surface area contributed by atoms with Crippen LogP contribution in [0.25, 0.3) is 27.1 Å². The van der Waals surface area contributed by atoms with E-state index in [9.17, 15) is 24.7 Å². The third-order valence-electron chi connectivity index (χ3n) is 14.7. The summed E-state index contributed by atoms with van der Waals surface area (Å²) in [4.78, 5) is 41.3. The van der Waals surface area contributed by atoms with Crippen LogP contribution in [0.3, 0.4) is 0 Å². The topological polar surface area (TPSA) is 123 Å². The fourth-order valence-electron chi connectivity index (χ4n) is 10.9. The maximum atomic E-state index is 12.9. The highest BCUT2D eigenvalue weighted by molar-refractivity contribution is 14.1. The molecule has 1 aliphatic carbocycles. The van der Waals surface area contributed by atoms with Gasteiger partial charge in [-0.1, -0.05) is 133 Å². The van der Waals surface area contributed by atoms with Crippen LogP contribution in [0.1, 0.15) is 59.7 Å². The van der Waals surface area contributed by atoms with Crippen LogP contribution in [-0.4, -0.2) is 131 Å². The van der Waals surface area contributed by atoms with E-state index in [1.807, 2.05) is 46.2 Å². The minimum absolute atomic E-state index is 0.00690. The highest BCUT2D eigenvalue weighted by Crippen LogP contribution is 2.41. The van der Waals surface area contributed by atoms with Gasteiger partial charge >= 0.3 is 14.6 Å². The van der Waals surface area contributed by atoms with Gasteiger partial charge in [0.1, 0.15) is 0 Å². The first kappa shape index (κ1) is 56.8. The van der Waals surface area contributed by atoms with Gasteiger partial charge in [-0.25, -0.2) is 0 Å². The summed E-state index contributed by atoms with van der Waals surface area (Å²) in [7, 11) is 3.80. The molecule has 0 atom stereocenters. The zero-order valence-electron chi connectivity index (χ0n) is 45.4.